The number of esters is 1. The van der Waals surface area contributed by atoms with Gasteiger partial charge in [0.25, 0.3) is 0 Å². The maximum Gasteiger partial charge on any atom is 0.338 e. The molecule has 1 aromatic carbocycles. The minimum absolute atomic E-state index is 0.0211. The Labute approximate surface area is 101 Å². The van der Waals surface area contributed by atoms with E-state index in [-0.39, 0.29) is 12.1 Å². The van der Waals surface area contributed by atoms with Crippen LogP contribution in [-0.2, 0) is 9.47 Å². The summed E-state index contributed by atoms with van der Waals surface area (Å²) in [5.41, 5.74) is 2.55. The Bertz CT molecular complexity index is 411. The number of ether oxygens (including phenoxy) is 2. The zero-order chi connectivity index (χ0) is 12.3. The second-order valence-electron chi connectivity index (χ2n) is 4.13. The fraction of sp³-hybridized carbons (Fsp3) is 0.462. The predicted octanol–water partition coefficient (Wildman–Crippen LogP) is 1.44. The van der Waals surface area contributed by atoms with Crippen LogP contribution in [0.25, 0.3) is 0 Å². The normalized spacial score (nSPS) is 20.0. The summed E-state index contributed by atoms with van der Waals surface area (Å²) < 4.78 is 10.4. The summed E-state index contributed by atoms with van der Waals surface area (Å²) in [5, 5.41) is 3.27. The molecule has 1 unspecified atom stereocenters. The maximum atomic E-state index is 11.6. The van der Waals surface area contributed by atoms with Crippen molar-refractivity contribution in [1.29, 1.82) is 0 Å². The number of hydrogen-bond acceptors (Lipinski definition) is 4. The van der Waals surface area contributed by atoms with Crippen LogP contribution in [-0.4, -0.2) is 32.8 Å². The van der Waals surface area contributed by atoms with Crippen molar-refractivity contribution >= 4 is 5.97 Å². The number of carbonyl (C=O) groups excluding carboxylic acids is 1. The summed E-state index contributed by atoms with van der Waals surface area (Å²) in [6, 6.07) is 5.79. The van der Waals surface area contributed by atoms with Crippen LogP contribution in [0.4, 0.5) is 0 Å². The van der Waals surface area contributed by atoms with Crippen molar-refractivity contribution in [2.45, 2.75) is 13.0 Å². The maximum absolute atomic E-state index is 11.6. The van der Waals surface area contributed by atoms with Crippen molar-refractivity contribution in [2.24, 2.45) is 0 Å². The Morgan fingerprint density at radius 2 is 2.35 bits per heavy atom. The van der Waals surface area contributed by atoms with Gasteiger partial charge in [0.05, 0.1) is 25.4 Å². The Morgan fingerprint density at radius 3 is 3.00 bits per heavy atom. The molecule has 0 radical (unpaired) electrons. The monoisotopic (exact) mass is 235 g/mol. The van der Waals surface area contributed by atoms with Crippen molar-refractivity contribution in [3.63, 3.8) is 0 Å². The van der Waals surface area contributed by atoms with Gasteiger partial charge in [0.1, 0.15) is 0 Å². The lowest BCUT2D eigenvalue weighted by Gasteiger charge is -2.24. The van der Waals surface area contributed by atoms with Crippen LogP contribution in [0, 0.1) is 6.92 Å². The minimum Gasteiger partial charge on any atom is -0.465 e. The molecule has 0 saturated carbocycles. The largest absolute Gasteiger partial charge is 0.465 e. The zero-order valence-electron chi connectivity index (χ0n) is 10.2. The Morgan fingerprint density at radius 1 is 1.53 bits per heavy atom. The molecule has 4 heteroatoms. The van der Waals surface area contributed by atoms with Crippen molar-refractivity contribution < 1.29 is 14.3 Å². The van der Waals surface area contributed by atoms with Crippen LogP contribution in [0.2, 0.25) is 0 Å². The highest BCUT2D eigenvalue weighted by atomic mass is 16.5. The van der Waals surface area contributed by atoms with E-state index in [0.717, 1.165) is 24.2 Å². The summed E-state index contributed by atoms with van der Waals surface area (Å²) in [6.07, 6.45) is 0.0211. The quantitative estimate of drug-likeness (QED) is 0.788. The molecule has 0 amide bonds. The first-order valence-corrected chi connectivity index (χ1v) is 5.73. The van der Waals surface area contributed by atoms with E-state index in [1.165, 1.54) is 7.11 Å². The van der Waals surface area contributed by atoms with E-state index in [9.17, 15) is 4.79 Å². The van der Waals surface area contributed by atoms with Gasteiger partial charge in [-0.2, -0.15) is 0 Å². The molecule has 1 atom stereocenters. The number of rotatable bonds is 2. The fourth-order valence-corrected chi connectivity index (χ4v) is 1.95. The lowest BCUT2D eigenvalue weighted by Crippen LogP contribution is -2.33. The molecule has 0 aliphatic carbocycles. The fourth-order valence-electron chi connectivity index (χ4n) is 1.95. The summed E-state index contributed by atoms with van der Waals surface area (Å²) in [4.78, 5) is 11.6. The van der Waals surface area contributed by atoms with E-state index < -0.39 is 0 Å². The van der Waals surface area contributed by atoms with Crippen LogP contribution >= 0.6 is 0 Å². The SMILES string of the molecule is COC(=O)c1cc(C2CNCCO2)ccc1C. The van der Waals surface area contributed by atoms with E-state index in [1.54, 1.807) is 0 Å². The smallest absolute Gasteiger partial charge is 0.338 e. The molecule has 1 saturated heterocycles. The van der Waals surface area contributed by atoms with E-state index in [2.05, 4.69) is 5.32 Å². The van der Waals surface area contributed by atoms with Gasteiger partial charge in [-0.3, -0.25) is 0 Å². The number of benzene rings is 1. The van der Waals surface area contributed by atoms with Crippen LogP contribution in [0.1, 0.15) is 27.6 Å². The van der Waals surface area contributed by atoms with E-state index >= 15 is 0 Å². The van der Waals surface area contributed by atoms with Crippen LogP contribution in [0.3, 0.4) is 0 Å². The molecule has 0 spiro atoms. The molecule has 92 valence electrons. The van der Waals surface area contributed by atoms with E-state index in [0.29, 0.717) is 12.2 Å². The molecule has 4 nitrogen and oxygen atoms in total. The Balaban J connectivity index is 2.26. The highest BCUT2D eigenvalue weighted by Gasteiger charge is 2.18. The molecule has 1 aromatic rings. The number of aryl methyl sites for hydroxylation is 1. The number of nitrogens with one attached hydrogen (secondary N) is 1. The van der Waals surface area contributed by atoms with Gasteiger partial charge in [-0.15, -0.1) is 0 Å². The molecular weight excluding hydrogens is 218 g/mol. The van der Waals surface area contributed by atoms with Gasteiger partial charge in [0.2, 0.25) is 0 Å². The van der Waals surface area contributed by atoms with Crippen LogP contribution in [0.15, 0.2) is 18.2 Å². The van der Waals surface area contributed by atoms with Crippen LogP contribution in [0.5, 0.6) is 0 Å². The van der Waals surface area contributed by atoms with Gasteiger partial charge < -0.3 is 14.8 Å². The minimum atomic E-state index is -0.298. The molecule has 17 heavy (non-hydrogen) atoms. The van der Waals surface area contributed by atoms with Gasteiger partial charge in [-0.05, 0) is 24.1 Å². The lowest BCUT2D eigenvalue weighted by atomic mass is 10.0. The highest BCUT2D eigenvalue weighted by Crippen LogP contribution is 2.22. The number of carbonyl (C=O) groups is 1. The average Bonchev–Trinajstić information content (AvgIpc) is 2.39. The zero-order valence-corrected chi connectivity index (χ0v) is 10.2. The topological polar surface area (TPSA) is 47.6 Å². The van der Waals surface area contributed by atoms with Gasteiger partial charge in [-0.25, -0.2) is 4.79 Å². The second kappa shape index (κ2) is 5.29. The number of hydrogen-bond donors (Lipinski definition) is 1. The molecular formula is C13H17NO3. The summed E-state index contributed by atoms with van der Waals surface area (Å²) in [5.74, 6) is -0.298. The number of morpholine rings is 1. The Hall–Kier alpha value is -1.39. The average molecular weight is 235 g/mol. The first kappa shape index (κ1) is 12.1. The third-order valence-electron chi connectivity index (χ3n) is 2.97. The van der Waals surface area contributed by atoms with Gasteiger partial charge in [0, 0.05) is 13.1 Å². The van der Waals surface area contributed by atoms with Crippen LogP contribution < -0.4 is 5.32 Å². The van der Waals surface area contributed by atoms with E-state index in [4.69, 9.17) is 9.47 Å². The third kappa shape index (κ3) is 2.65. The molecule has 1 fully saturated rings. The molecule has 0 aromatic heterocycles. The lowest BCUT2D eigenvalue weighted by molar-refractivity contribution is 0.0276. The second-order valence-corrected chi connectivity index (χ2v) is 4.13. The van der Waals surface area contributed by atoms with Crippen molar-refractivity contribution in [2.75, 3.05) is 26.8 Å². The third-order valence-corrected chi connectivity index (χ3v) is 2.97. The predicted molar refractivity (Wildman–Crippen MR) is 64.1 cm³/mol. The van der Waals surface area contributed by atoms with E-state index in [1.807, 2.05) is 25.1 Å². The van der Waals surface area contributed by atoms with Crippen molar-refractivity contribution in [3.8, 4) is 0 Å². The standard InChI is InChI=1S/C13H17NO3/c1-9-3-4-10(7-11(9)13(15)16-2)12-8-14-5-6-17-12/h3-4,7,12,14H,5-6,8H2,1-2H3. The molecule has 2 rings (SSSR count). The summed E-state index contributed by atoms with van der Waals surface area (Å²) >= 11 is 0. The number of methoxy groups -OCH3 is 1. The molecule has 1 N–H and O–H groups in total. The molecule has 1 aliphatic rings. The Kier molecular flexibility index (Phi) is 3.76. The summed E-state index contributed by atoms with van der Waals surface area (Å²) in [7, 11) is 1.40. The van der Waals surface area contributed by atoms with Crippen molar-refractivity contribution in [1.82, 2.24) is 5.32 Å². The molecule has 1 heterocycles. The molecule has 0 bridgehead atoms. The first-order valence-electron chi connectivity index (χ1n) is 5.73. The van der Waals surface area contributed by atoms with Gasteiger partial charge >= 0.3 is 5.97 Å². The highest BCUT2D eigenvalue weighted by molar-refractivity contribution is 5.91. The van der Waals surface area contributed by atoms with Crippen molar-refractivity contribution in [3.05, 3.63) is 34.9 Å². The van der Waals surface area contributed by atoms with Gasteiger partial charge in [0.15, 0.2) is 0 Å². The first-order chi connectivity index (χ1) is 8.22. The summed E-state index contributed by atoms with van der Waals surface area (Å²) in [6.45, 7) is 4.26. The molecule has 1 aliphatic heterocycles. The van der Waals surface area contributed by atoms with Gasteiger partial charge in [-0.1, -0.05) is 12.1 Å².